The molecule has 0 amide bonds. The minimum atomic E-state index is -0.0512. The van der Waals surface area contributed by atoms with Gasteiger partial charge in [-0.25, -0.2) is 15.0 Å². The number of nitrogens with two attached hydrogens (primary N) is 1. The number of nitrogen functional groups attached to an aromatic ring is 1. The van der Waals surface area contributed by atoms with Gasteiger partial charge in [0.25, 0.3) is 0 Å². The van der Waals surface area contributed by atoms with Crippen molar-refractivity contribution < 1.29 is 9.47 Å². The number of imidazole rings is 1. The molecule has 19 heavy (non-hydrogen) atoms. The van der Waals surface area contributed by atoms with Crippen LogP contribution in [0.3, 0.4) is 0 Å². The first-order chi connectivity index (χ1) is 9.29. The molecule has 1 aliphatic heterocycles. The van der Waals surface area contributed by atoms with E-state index in [1.165, 1.54) is 6.33 Å². The molecule has 0 radical (unpaired) electrons. The average Bonchev–Trinajstić information content (AvgIpc) is 3.02. The molecule has 3 rings (SSSR count). The van der Waals surface area contributed by atoms with Crippen molar-refractivity contribution in [2.45, 2.75) is 32.1 Å². The molecule has 0 aromatic carbocycles. The lowest BCUT2D eigenvalue weighted by Gasteiger charge is -2.15. The lowest BCUT2D eigenvalue weighted by Crippen LogP contribution is -2.16. The van der Waals surface area contributed by atoms with Crippen molar-refractivity contribution in [1.82, 2.24) is 19.5 Å². The third kappa shape index (κ3) is 2.26. The van der Waals surface area contributed by atoms with Gasteiger partial charge in [-0.3, -0.25) is 4.57 Å². The Balaban J connectivity index is 1.80. The first-order valence-corrected chi connectivity index (χ1v) is 6.45. The third-order valence-electron chi connectivity index (χ3n) is 3.29. The number of nitrogens with zero attached hydrogens (tertiary/aromatic N) is 4. The van der Waals surface area contributed by atoms with E-state index in [-0.39, 0.29) is 12.3 Å². The van der Waals surface area contributed by atoms with E-state index in [9.17, 15) is 0 Å². The zero-order valence-electron chi connectivity index (χ0n) is 10.8. The van der Waals surface area contributed by atoms with Gasteiger partial charge in [-0.1, -0.05) is 0 Å². The second kappa shape index (κ2) is 5.10. The smallest absolute Gasteiger partial charge is 0.167 e. The maximum Gasteiger partial charge on any atom is 0.167 e. The van der Waals surface area contributed by atoms with Crippen LogP contribution in [0, 0.1) is 0 Å². The summed E-state index contributed by atoms with van der Waals surface area (Å²) in [4.78, 5) is 12.4. The van der Waals surface area contributed by atoms with Crippen molar-refractivity contribution in [2.75, 3.05) is 18.9 Å². The fourth-order valence-electron chi connectivity index (χ4n) is 2.34. The second-order valence-corrected chi connectivity index (χ2v) is 4.53. The van der Waals surface area contributed by atoms with Crippen molar-refractivity contribution in [2.24, 2.45) is 0 Å². The number of ether oxygens (including phenoxy) is 2. The molecule has 2 aromatic rings. The maximum atomic E-state index is 5.95. The van der Waals surface area contributed by atoms with Crippen LogP contribution < -0.4 is 5.73 Å². The zero-order valence-corrected chi connectivity index (χ0v) is 10.8. The normalized spacial score (nSPS) is 23.2. The van der Waals surface area contributed by atoms with Gasteiger partial charge < -0.3 is 15.2 Å². The molecule has 0 aliphatic carbocycles. The lowest BCUT2D eigenvalue weighted by atomic mass is 10.2. The highest BCUT2D eigenvalue weighted by Crippen LogP contribution is 2.30. The molecule has 0 spiro atoms. The molecule has 1 fully saturated rings. The molecular weight excluding hydrogens is 246 g/mol. The van der Waals surface area contributed by atoms with Crippen molar-refractivity contribution >= 4 is 17.0 Å². The summed E-state index contributed by atoms with van der Waals surface area (Å²) in [6.45, 7) is 3.33. The first kappa shape index (κ1) is 12.3. The van der Waals surface area contributed by atoms with E-state index in [0.717, 1.165) is 18.5 Å². The Morgan fingerprint density at radius 1 is 1.42 bits per heavy atom. The van der Waals surface area contributed by atoms with Gasteiger partial charge in [-0.15, -0.1) is 0 Å². The molecule has 102 valence electrons. The van der Waals surface area contributed by atoms with Crippen LogP contribution in [-0.2, 0) is 9.47 Å². The molecule has 1 aliphatic rings. The Morgan fingerprint density at radius 3 is 3.16 bits per heavy atom. The quantitative estimate of drug-likeness (QED) is 0.889. The molecule has 3 heterocycles. The number of aromatic nitrogens is 4. The van der Waals surface area contributed by atoms with Crippen LogP contribution in [0.1, 0.15) is 26.0 Å². The molecule has 0 bridgehead atoms. The fourth-order valence-corrected chi connectivity index (χ4v) is 2.34. The highest BCUT2D eigenvalue weighted by Gasteiger charge is 2.28. The summed E-state index contributed by atoms with van der Waals surface area (Å²) in [7, 11) is 0. The third-order valence-corrected chi connectivity index (χ3v) is 3.29. The summed E-state index contributed by atoms with van der Waals surface area (Å²) < 4.78 is 13.3. The Bertz CT molecular complexity index is 570. The highest BCUT2D eigenvalue weighted by molar-refractivity contribution is 5.81. The summed E-state index contributed by atoms with van der Waals surface area (Å²) in [5.74, 6) is 0.396. The van der Waals surface area contributed by atoms with Gasteiger partial charge in [-0.05, 0) is 19.8 Å². The van der Waals surface area contributed by atoms with Gasteiger partial charge in [0, 0.05) is 6.61 Å². The van der Waals surface area contributed by atoms with E-state index in [0.29, 0.717) is 24.5 Å². The molecule has 2 aromatic heterocycles. The van der Waals surface area contributed by atoms with E-state index in [4.69, 9.17) is 15.2 Å². The predicted octanol–water partition coefficient (Wildman–Crippen LogP) is 1.12. The Kier molecular flexibility index (Phi) is 3.31. The summed E-state index contributed by atoms with van der Waals surface area (Å²) in [6.07, 6.45) is 5.15. The van der Waals surface area contributed by atoms with Crippen LogP contribution in [0.25, 0.3) is 11.2 Å². The van der Waals surface area contributed by atoms with Crippen molar-refractivity contribution in [3.63, 3.8) is 0 Å². The number of anilines is 1. The highest BCUT2D eigenvalue weighted by atomic mass is 16.5. The lowest BCUT2D eigenvalue weighted by molar-refractivity contribution is -0.0377. The van der Waals surface area contributed by atoms with Crippen LogP contribution in [0.2, 0.25) is 0 Å². The molecule has 7 heteroatoms. The molecule has 7 nitrogen and oxygen atoms in total. The monoisotopic (exact) mass is 263 g/mol. The van der Waals surface area contributed by atoms with Crippen LogP contribution in [0.4, 0.5) is 5.82 Å². The molecule has 2 N–H and O–H groups in total. The van der Waals surface area contributed by atoms with Crippen molar-refractivity contribution in [1.29, 1.82) is 0 Å². The van der Waals surface area contributed by atoms with Crippen molar-refractivity contribution in [3.8, 4) is 0 Å². The average molecular weight is 263 g/mol. The standard InChI is InChI=1S/C12H17N5O2/c1-2-18-5-8-3-4-9(19-8)17-7-16-10-11(13)14-6-15-12(10)17/h6-9H,2-5H2,1H3,(H2,13,14,15)/t8-,9-/m0/s1. The first-order valence-electron chi connectivity index (χ1n) is 6.45. The summed E-state index contributed by atoms with van der Waals surface area (Å²) >= 11 is 0. The van der Waals surface area contributed by atoms with Gasteiger partial charge in [0.1, 0.15) is 18.1 Å². The summed E-state index contributed by atoms with van der Waals surface area (Å²) in [5.41, 5.74) is 7.12. The van der Waals surface area contributed by atoms with Crippen LogP contribution in [0.5, 0.6) is 0 Å². The number of rotatable bonds is 4. The van der Waals surface area contributed by atoms with Crippen LogP contribution in [-0.4, -0.2) is 38.8 Å². The molecule has 1 saturated heterocycles. The maximum absolute atomic E-state index is 5.95. The van der Waals surface area contributed by atoms with E-state index >= 15 is 0 Å². The van der Waals surface area contributed by atoms with Gasteiger partial charge in [0.2, 0.25) is 0 Å². The molecule has 2 atom stereocenters. The summed E-state index contributed by atoms with van der Waals surface area (Å²) in [5, 5.41) is 0. The molecular formula is C12H17N5O2. The largest absolute Gasteiger partial charge is 0.382 e. The number of hydrogen-bond acceptors (Lipinski definition) is 6. The molecule has 0 unspecified atom stereocenters. The van der Waals surface area contributed by atoms with Gasteiger partial charge in [-0.2, -0.15) is 0 Å². The minimum Gasteiger partial charge on any atom is -0.382 e. The predicted molar refractivity (Wildman–Crippen MR) is 69.4 cm³/mol. The van der Waals surface area contributed by atoms with Gasteiger partial charge >= 0.3 is 0 Å². The van der Waals surface area contributed by atoms with E-state index in [1.54, 1.807) is 6.33 Å². The van der Waals surface area contributed by atoms with E-state index in [1.807, 2.05) is 11.5 Å². The van der Waals surface area contributed by atoms with E-state index in [2.05, 4.69) is 15.0 Å². The number of hydrogen-bond donors (Lipinski definition) is 1. The summed E-state index contributed by atoms with van der Waals surface area (Å²) in [6, 6.07) is 0. The van der Waals surface area contributed by atoms with Gasteiger partial charge in [0.15, 0.2) is 11.5 Å². The van der Waals surface area contributed by atoms with Crippen molar-refractivity contribution in [3.05, 3.63) is 12.7 Å². The molecule has 0 saturated carbocycles. The Labute approximate surface area is 110 Å². The van der Waals surface area contributed by atoms with Crippen LogP contribution in [0.15, 0.2) is 12.7 Å². The SMILES string of the molecule is CCOC[C@@H]1CC[C@@H](n2cnc3c(N)ncnc32)O1. The van der Waals surface area contributed by atoms with E-state index < -0.39 is 0 Å². The fraction of sp³-hybridized carbons (Fsp3) is 0.583. The second-order valence-electron chi connectivity index (χ2n) is 4.53. The topological polar surface area (TPSA) is 88.1 Å². The minimum absolute atomic E-state index is 0.0512. The van der Waals surface area contributed by atoms with Crippen LogP contribution >= 0.6 is 0 Å². The zero-order chi connectivity index (χ0) is 13.2. The van der Waals surface area contributed by atoms with Gasteiger partial charge in [0.05, 0.1) is 19.0 Å². The number of fused-ring (bicyclic) bond motifs is 1. The Hall–Kier alpha value is -1.73. The Morgan fingerprint density at radius 2 is 2.32 bits per heavy atom.